The van der Waals surface area contributed by atoms with E-state index in [1.54, 1.807) is 25.8 Å². The van der Waals surface area contributed by atoms with Gasteiger partial charge in [0.05, 0.1) is 0 Å². The van der Waals surface area contributed by atoms with Crippen LogP contribution in [0, 0.1) is 5.92 Å². The molecule has 6 heteroatoms. The third-order valence-corrected chi connectivity index (χ3v) is 3.77. The number of hydrogen-bond donors (Lipinski definition) is 2. The lowest BCUT2D eigenvalue weighted by Gasteiger charge is -2.35. The summed E-state index contributed by atoms with van der Waals surface area (Å²) in [6.07, 6.45) is 1.86. The summed E-state index contributed by atoms with van der Waals surface area (Å²) in [6.45, 7) is 5.51. The van der Waals surface area contributed by atoms with E-state index in [0.29, 0.717) is 0 Å². The number of carboxylic acid groups (broad SMARTS) is 1. The van der Waals surface area contributed by atoms with Crippen LogP contribution >= 0.6 is 0 Å². The lowest BCUT2D eigenvalue weighted by Crippen LogP contribution is -2.53. The van der Waals surface area contributed by atoms with Crippen LogP contribution in [0.5, 0.6) is 0 Å². The summed E-state index contributed by atoms with van der Waals surface area (Å²) in [5, 5.41) is 11.7. The summed E-state index contributed by atoms with van der Waals surface area (Å²) in [5.74, 6) is -1.12. The highest BCUT2D eigenvalue weighted by atomic mass is 16.4. The molecule has 0 aromatic rings. The highest BCUT2D eigenvalue weighted by Gasteiger charge is 2.28. The molecule has 0 saturated carbocycles. The van der Waals surface area contributed by atoms with Crippen molar-refractivity contribution in [3.05, 3.63) is 0 Å². The van der Waals surface area contributed by atoms with E-state index in [9.17, 15) is 9.59 Å². The van der Waals surface area contributed by atoms with Crippen LogP contribution in [0.15, 0.2) is 0 Å². The van der Waals surface area contributed by atoms with Gasteiger partial charge in [-0.1, -0.05) is 13.8 Å². The van der Waals surface area contributed by atoms with Crippen LogP contribution in [0.3, 0.4) is 0 Å². The lowest BCUT2D eigenvalue weighted by atomic mass is 10.0. The third-order valence-electron chi connectivity index (χ3n) is 3.77. The summed E-state index contributed by atoms with van der Waals surface area (Å²) in [5.41, 5.74) is 0. The van der Waals surface area contributed by atoms with Crippen molar-refractivity contribution >= 4 is 12.0 Å². The van der Waals surface area contributed by atoms with Gasteiger partial charge in [0, 0.05) is 13.1 Å². The SMILES string of the molecule is CC(C)[C@@H](NC(=O)N(C)C1CCN(C)CC1)C(=O)O. The predicted octanol–water partition coefficient (Wildman–Crippen LogP) is 0.831. The van der Waals surface area contributed by atoms with Gasteiger partial charge in [-0.05, 0) is 38.9 Å². The lowest BCUT2D eigenvalue weighted by molar-refractivity contribution is -0.140. The second-order valence-electron chi connectivity index (χ2n) is 5.65. The van der Waals surface area contributed by atoms with Gasteiger partial charge in [0.1, 0.15) is 6.04 Å². The average Bonchev–Trinajstić information content (AvgIpc) is 2.34. The van der Waals surface area contributed by atoms with E-state index in [1.807, 2.05) is 0 Å². The Morgan fingerprint density at radius 1 is 1.32 bits per heavy atom. The third kappa shape index (κ3) is 4.38. The first-order valence-electron chi connectivity index (χ1n) is 6.77. The molecule has 6 nitrogen and oxygen atoms in total. The van der Waals surface area contributed by atoms with Gasteiger partial charge in [-0.2, -0.15) is 0 Å². The van der Waals surface area contributed by atoms with E-state index in [1.165, 1.54) is 0 Å². The molecule has 1 fully saturated rings. The van der Waals surface area contributed by atoms with Crippen LogP contribution in [0.2, 0.25) is 0 Å². The smallest absolute Gasteiger partial charge is 0.326 e. The minimum Gasteiger partial charge on any atom is -0.480 e. The van der Waals surface area contributed by atoms with E-state index < -0.39 is 12.0 Å². The van der Waals surface area contributed by atoms with E-state index in [-0.39, 0.29) is 18.0 Å². The number of aliphatic carboxylic acids is 1. The van der Waals surface area contributed by atoms with Gasteiger partial charge in [-0.15, -0.1) is 0 Å². The van der Waals surface area contributed by atoms with Crippen molar-refractivity contribution in [2.24, 2.45) is 5.92 Å². The molecular weight excluding hydrogens is 246 g/mol. The van der Waals surface area contributed by atoms with Gasteiger partial charge in [-0.3, -0.25) is 0 Å². The number of likely N-dealkylation sites (tertiary alicyclic amines) is 1. The Bertz CT molecular complexity index is 325. The number of piperidine rings is 1. The number of carbonyl (C=O) groups excluding carboxylic acids is 1. The number of nitrogens with one attached hydrogen (secondary N) is 1. The molecule has 1 rings (SSSR count). The standard InChI is InChI=1S/C13H25N3O3/c1-9(2)11(12(17)18)14-13(19)16(4)10-5-7-15(3)8-6-10/h9-11H,5-8H2,1-4H3,(H,14,19)(H,17,18)/t11-/m1/s1. The van der Waals surface area contributed by atoms with Gasteiger partial charge < -0.3 is 20.2 Å². The molecule has 0 aromatic heterocycles. The van der Waals surface area contributed by atoms with E-state index in [2.05, 4.69) is 17.3 Å². The van der Waals surface area contributed by atoms with Crippen LogP contribution in [0.25, 0.3) is 0 Å². The van der Waals surface area contributed by atoms with Crippen molar-refractivity contribution in [2.45, 2.75) is 38.8 Å². The summed E-state index contributed by atoms with van der Waals surface area (Å²) >= 11 is 0. The first kappa shape index (κ1) is 15.8. The average molecular weight is 271 g/mol. The second kappa shape index (κ2) is 6.75. The summed E-state index contributed by atoms with van der Waals surface area (Å²) in [7, 11) is 3.81. The Labute approximate surface area is 114 Å². The molecule has 1 saturated heterocycles. The number of carbonyl (C=O) groups is 2. The van der Waals surface area contributed by atoms with Crippen LogP contribution in [-0.4, -0.2) is 66.2 Å². The monoisotopic (exact) mass is 271 g/mol. The molecule has 2 N–H and O–H groups in total. The molecule has 1 heterocycles. The van der Waals surface area contributed by atoms with Crippen molar-refractivity contribution in [3.8, 4) is 0 Å². The molecule has 0 unspecified atom stereocenters. The van der Waals surface area contributed by atoms with Gasteiger partial charge in [0.2, 0.25) is 0 Å². The molecule has 0 aliphatic carbocycles. The Morgan fingerprint density at radius 3 is 2.26 bits per heavy atom. The first-order chi connectivity index (χ1) is 8.82. The molecule has 0 radical (unpaired) electrons. The molecule has 1 atom stereocenters. The van der Waals surface area contributed by atoms with Crippen molar-refractivity contribution in [3.63, 3.8) is 0 Å². The maximum absolute atomic E-state index is 12.1. The molecule has 0 aromatic carbocycles. The molecule has 110 valence electrons. The normalized spacial score (nSPS) is 19.2. The van der Waals surface area contributed by atoms with Crippen LogP contribution in [0.4, 0.5) is 4.79 Å². The number of urea groups is 1. The highest BCUT2D eigenvalue weighted by Crippen LogP contribution is 2.14. The van der Waals surface area contributed by atoms with Gasteiger partial charge in [0.15, 0.2) is 0 Å². The zero-order valence-electron chi connectivity index (χ0n) is 12.2. The minimum absolute atomic E-state index is 0.132. The summed E-state index contributed by atoms with van der Waals surface area (Å²) in [4.78, 5) is 27.0. The van der Waals surface area contributed by atoms with E-state index in [4.69, 9.17) is 5.11 Å². The van der Waals surface area contributed by atoms with Crippen molar-refractivity contribution in [1.82, 2.24) is 15.1 Å². The summed E-state index contributed by atoms with van der Waals surface area (Å²) < 4.78 is 0. The Morgan fingerprint density at radius 2 is 1.84 bits per heavy atom. The van der Waals surface area contributed by atoms with Crippen LogP contribution < -0.4 is 5.32 Å². The molecular formula is C13H25N3O3. The largest absolute Gasteiger partial charge is 0.480 e. The minimum atomic E-state index is -0.986. The van der Waals surface area contributed by atoms with E-state index >= 15 is 0 Å². The van der Waals surface area contributed by atoms with Crippen LogP contribution in [0.1, 0.15) is 26.7 Å². The topological polar surface area (TPSA) is 72.9 Å². The van der Waals surface area contributed by atoms with E-state index in [0.717, 1.165) is 25.9 Å². The summed E-state index contributed by atoms with van der Waals surface area (Å²) in [6, 6.07) is -0.935. The second-order valence-corrected chi connectivity index (χ2v) is 5.65. The fourth-order valence-corrected chi connectivity index (χ4v) is 2.30. The number of nitrogens with zero attached hydrogens (tertiary/aromatic N) is 2. The first-order valence-corrected chi connectivity index (χ1v) is 6.77. The fraction of sp³-hybridized carbons (Fsp3) is 0.846. The number of rotatable bonds is 4. The number of carboxylic acids is 1. The molecule has 2 amide bonds. The van der Waals surface area contributed by atoms with Gasteiger partial charge in [0.25, 0.3) is 0 Å². The number of hydrogen-bond acceptors (Lipinski definition) is 3. The highest BCUT2D eigenvalue weighted by molar-refractivity contribution is 5.82. The maximum atomic E-state index is 12.1. The number of amides is 2. The van der Waals surface area contributed by atoms with Gasteiger partial charge >= 0.3 is 12.0 Å². The zero-order valence-corrected chi connectivity index (χ0v) is 12.2. The molecule has 1 aliphatic heterocycles. The Balaban J connectivity index is 2.54. The fourth-order valence-electron chi connectivity index (χ4n) is 2.30. The molecule has 0 bridgehead atoms. The van der Waals surface area contributed by atoms with Crippen molar-refractivity contribution in [1.29, 1.82) is 0 Å². The molecule has 0 spiro atoms. The van der Waals surface area contributed by atoms with Crippen molar-refractivity contribution in [2.75, 3.05) is 27.2 Å². The quantitative estimate of drug-likeness (QED) is 0.794. The Kier molecular flexibility index (Phi) is 5.60. The Hall–Kier alpha value is -1.30. The zero-order chi connectivity index (χ0) is 14.6. The molecule has 19 heavy (non-hydrogen) atoms. The van der Waals surface area contributed by atoms with Crippen LogP contribution in [-0.2, 0) is 4.79 Å². The molecule has 1 aliphatic rings. The van der Waals surface area contributed by atoms with Gasteiger partial charge in [-0.25, -0.2) is 9.59 Å². The van der Waals surface area contributed by atoms with Crippen molar-refractivity contribution < 1.29 is 14.7 Å². The maximum Gasteiger partial charge on any atom is 0.326 e. The predicted molar refractivity (Wildman–Crippen MR) is 73.1 cm³/mol.